The van der Waals surface area contributed by atoms with E-state index in [1.54, 1.807) is 18.0 Å². The summed E-state index contributed by atoms with van der Waals surface area (Å²) in [6.07, 6.45) is 4.03. The molecule has 0 bridgehead atoms. The van der Waals surface area contributed by atoms with Crippen LogP contribution in [0.15, 0.2) is 41.6 Å². The number of rotatable bonds is 3. The van der Waals surface area contributed by atoms with E-state index in [0.717, 1.165) is 11.6 Å². The van der Waals surface area contributed by atoms with Gasteiger partial charge in [-0.2, -0.15) is 0 Å². The highest BCUT2D eigenvalue weighted by Gasteiger charge is 2.29. The minimum atomic E-state index is 0.0305. The lowest BCUT2D eigenvalue weighted by Gasteiger charge is -2.09. The van der Waals surface area contributed by atoms with Crippen molar-refractivity contribution in [1.82, 2.24) is 9.55 Å². The Morgan fingerprint density at radius 3 is 3.11 bits per heavy atom. The molecule has 0 amide bonds. The van der Waals surface area contributed by atoms with E-state index in [-0.39, 0.29) is 11.7 Å². The van der Waals surface area contributed by atoms with Gasteiger partial charge in [0, 0.05) is 30.1 Å². The summed E-state index contributed by atoms with van der Waals surface area (Å²) in [5.41, 5.74) is 1.18. The lowest BCUT2D eigenvalue weighted by Crippen LogP contribution is -2.16. The number of ketones is 1. The van der Waals surface area contributed by atoms with Crippen molar-refractivity contribution in [3.63, 3.8) is 0 Å². The summed E-state index contributed by atoms with van der Waals surface area (Å²) in [5, 5.41) is 0. The van der Waals surface area contributed by atoms with Gasteiger partial charge in [-0.3, -0.25) is 4.79 Å². The van der Waals surface area contributed by atoms with Gasteiger partial charge in [-0.15, -0.1) is 11.8 Å². The molecule has 4 heteroatoms. The number of fused-ring (bicyclic) bond motifs is 1. The Kier molecular flexibility index (Phi) is 2.96. The average Bonchev–Trinajstić information content (AvgIpc) is 2.96. The van der Waals surface area contributed by atoms with Crippen LogP contribution in [0.5, 0.6) is 0 Å². The maximum atomic E-state index is 12.4. The van der Waals surface area contributed by atoms with Crippen molar-refractivity contribution in [1.29, 1.82) is 0 Å². The largest absolute Gasteiger partial charge is 0.338 e. The molecule has 2 aromatic rings. The fraction of sp³-hybridized carbons (Fsp3) is 0.286. The van der Waals surface area contributed by atoms with E-state index in [4.69, 9.17) is 0 Å². The van der Waals surface area contributed by atoms with Gasteiger partial charge in [0.25, 0.3) is 0 Å². The van der Waals surface area contributed by atoms with Crippen LogP contribution >= 0.6 is 11.8 Å². The van der Waals surface area contributed by atoms with E-state index >= 15 is 0 Å². The van der Waals surface area contributed by atoms with Crippen LogP contribution in [-0.4, -0.2) is 21.1 Å². The van der Waals surface area contributed by atoms with E-state index in [9.17, 15) is 4.79 Å². The summed E-state index contributed by atoms with van der Waals surface area (Å²) < 4.78 is 1.91. The van der Waals surface area contributed by atoms with Crippen LogP contribution in [0, 0.1) is 0 Å². The maximum absolute atomic E-state index is 12.4. The number of Topliss-reactive ketones (excluding diaryl/α,β-unsaturated/α-hetero) is 1. The first-order chi connectivity index (χ1) is 8.75. The molecular formula is C14H14N2OS. The van der Waals surface area contributed by atoms with Gasteiger partial charge in [0.05, 0.1) is 12.3 Å². The molecule has 1 aliphatic rings. The first kappa shape index (κ1) is 11.5. The monoisotopic (exact) mass is 258 g/mol. The molecule has 3 rings (SSSR count). The Balaban J connectivity index is 1.81. The molecule has 1 aromatic heterocycles. The zero-order chi connectivity index (χ0) is 12.5. The summed E-state index contributed by atoms with van der Waals surface area (Å²) >= 11 is 1.77. The van der Waals surface area contributed by atoms with Gasteiger partial charge in [-0.05, 0) is 11.6 Å². The standard InChI is InChI=1S/C14H14N2OS/c1-16-7-6-15-14(16)8-12(17)11-9-18-13-5-3-2-4-10(11)13/h2-7,11H,8-9H2,1H3. The van der Waals surface area contributed by atoms with Crippen molar-refractivity contribution < 1.29 is 4.79 Å². The lowest BCUT2D eigenvalue weighted by atomic mass is 9.95. The first-order valence-electron chi connectivity index (χ1n) is 5.96. The van der Waals surface area contributed by atoms with Gasteiger partial charge < -0.3 is 4.57 Å². The van der Waals surface area contributed by atoms with Gasteiger partial charge in [0.2, 0.25) is 0 Å². The third-order valence-corrected chi connectivity index (χ3v) is 4.52. The predicted octanol–water partition coefficient (Wildman–Crippen LogP) is 2.42. The minimum absolute atomic E-state index is 0.0305. The highest BCUT2D eigenvalue weighted by Crippen LogP contribution is 2.40. The zero-order valence-electron chi connectivity index (χ0n) is 10.2. The fourth-order valence-corrected chi connectivity index (χ4v) is 3.54. The van der Waals surface area contributed by atoms with E-state index in [0.29, 0.717) is 6.42 Å². The number of nitrogens with zero attached hydrogens (tertiary/aromatic N) is 2. The molecule has 1 atom stereocenters. The Labute approximate surface area is 110 Å². The van der Waals surface area contributed by atoms with Gasteiger partial charge in [0.15, 0.2) is 0 Å². The maximum Gasteiger partial charge on any atom is 0.148 e. The number of aromatic nitrogens is 2. The molecule has 1 unspecified atom stereocenters. The number of hydrogen-bond acceptors (Lipinski definition) is 3. The highest BCUT2D eigenvalue weighted by atomic mass is 32.2. The number of aryl methyl sites for hydroxylation is 1. The molecule has 0 radical (unpaired) electrons. The minimum Gasteiger partial charge on any atom is -0.338 e. The molecule has 2 heterocycles. The van der Waals surface area contributed by atoms with E-state index in [2.05, 4.69) is 17.1 Å². The fourth-order valence-electron chi connectivity index (χ4n) is 2.27. The highest BCUT2D eigenvalue weighted by molar-refractivity contribution is 7.99. The van der Waals surface area contributed by atoms with E-state index in [1.807, 2.05) is 29.9 Å². The van der Waals surface area contributed by atoms with Crippen molar-refractivity contribution >= 4 is 17.5 Å². The SMILES string of the molecule is Cn1ccnc1CC(=O)C1CSc2ccccc21. The summed E-state index contributed by atoms with van der Waals surface area (Å²) in [4.78, 5) is 17.8. The molecule has 1 aliphatic heterocycles. The lowest BCUT2D eigenvalue weighted by molar-refractivity contribution is -0.119. The number of hydrogen-bond donors (Lipinski definition) is 0. The van der Waals surface area contributed by atoms with Crippen molar-refractivity contribution in [2.24, 2.45) is 7.05 Å². The molecule has 0 N–H and O–H groups in total. The number of carbonyl (C=O) groups excluding carboxylic acids is 1. The van der Waals surface area contributed by atoms with E-state index < -0.39 is 0 Å². The molecule has 0 spiro atoms. The summed E-state index contributed by atoms with van der Waals surface area (Å²) in [5.74, 6) is 2.00. The Bertz CT molecular complexity index is 591. The van der Waals surface area contributed by atoms with Crippen molar-refractivity contribution in [2.75, 3.05) is 5.75 Å². The van der Waals surface area contributed by atoms with Crippen LogP contribution < -0.4 is 0 Å². The predicted molar refractivity (Wildman–Crippen MR) is 71.8 cm³/mol. The Morgan fingerprint density at radius 1 is 1.50 bits per heavy atom. The molecule has 1 aromatic carbocycles. The average molecular weight is 258 g/mol. The number of carbonyl (C=O) groups is 1. The third kappa shape index (κ3) is 1.97. The van der Waals surface area contributed by atoms with Crippen molar-refractivity contribution in [2.45, 2.75) is 17.2 Å². The first-order valence-corrected chi connectivity index (χ1v) is 6.95. The number of benzene rings is 1. The van der Waals surface area contributed by atoms with Crippen LogP contribution in [0.25, 0.3) is 0 Å². The molecule has 0 aliphatic carbocycles. The van der Waals surface area contributed by atoms with Gasteiger partial charge in [-0.1, -0.05) is 18.2 Å². The molecule has 0 saturated heterocycles. The quantitative estimate of drug-likeness (QED) is 0.848. The summed E-state index contributed by atoms with van der Waals surface area (Å²) in [7, 11) is 1.92. The number of thioether (sulfide) groups is 1. The van der Waals surface area contributed by atoms with Crippen LogP contribution in [-0.2, 0) is 18.3 Å². The molecular weight excluding hydrogens is 244 g/mol. The zero-order valence-corrected chi connectivity index (χ0v) is 11.0. The third-order valence-electron chi connectivity index (χ3n) is 3.34. The van der Waals surface area contributed by atoms with Crippen LogP contribution in [0.3, 0.4) is 0 Å². The molecule has 0 fully saturated rings. The van der Waals surface area contributed by atoms with Gasteiger partial charge in [0.1, 0.15) is 11.6 Å². The van der Waals surface area contributed by atoms with Crippen molar-refractivity contribution in [3.05, 3.63) is 48.0 Å². The van der Waals surface area contributed by atoms with Crippen LogP contribution in [0.1, 0.15) is 17.3 Å². The van der Waals surface area contributed by atoms with Crippen molar-refractivity contribution in [3.8, 4) is 0 Å². The second-order valence-corrected chi connectivity index (χ2v) is 5.56. The van der Waals surface area contributed by atoms with E-state index in [1.165, 1.54) is 10.5 Å². The molecule has 18 heavy (non-hydrogen) atoms. The Morgan fingerprint density at radius 2 is 2.33 bits per heavy atom. The normalized spacial score (nSPS) is 17.7. The molecule has 0 saturated carbocycles. The van der Waals surface area contributed by atoms with Gasteiger partial charge >= 0.3 is 0 Å². The summed E-state index contributed by atoms with van der Waals surface area (Å²) in [6, 6.07) is 8.19. The van der Waals surface area contributed by atoms with Gasteiger partial charge in [-0.25, -0.2) is 4.98 Å². The molecule has 3 nitrogen and oxygen atoms in total. The smallest absolute Gasteiger partial charge is 0.148 e. The Hall–Kier alpha value is -1.55. The second-order valence-electron chi connectivity index (χ2n) is 4.50. The summed E-state index contributed by atoms with van der Waals surface area (Å²) in [6.45, 7) is 0. The molecule has 92 valence electrons. The number of imidazole rings is 1. The topological polar surface area (TPSA) is 34.9 Å². The van der Waals surface area contributed by atoms with Crippen LogP contribution in [0.2, 0.25) is 0 Å². The van der Waals surface area contributed by atoms with Crippen LogP contribution in [0.4, 0.5) is 0 Å². The second kappa shape index (κ2) is 4.61.